The fourth-order valence-electron chi connectivity index (χ4n) is 0.134. The lowest BCUT2D eigenvalue weighted by atomic mass is 10.9. The number of hydrogen-bond acceptors (Lipinski definition) is 3. The molecule has 0 N–H and O–H groups in total. The van der Waals surface area contributed by atoms with Gasteiger partial charge in [-0.2, -0.15) is 5.26 Å². The van der Waals surface area contributed by atoms with E-state index in [1.165, 1.54) is 11.8 Å². The van der Waals surface area contributed by atoms with Crippen molar-refractivity contribution in [3.63, 3.8) is 0 Å². The van der Waals surface area contributed by atoms with Gasteiger partial charge < -0.3 is 0 Å². The van der Waals surface area contributed by atoms with Crippen molar-refractivity contribution in [2.24, 2.45) is 0 Å². The van der Waals surface area contributed by atoms with E-state index in [-0.39, 0.29) is 0 Å². The molecule has 0 atom stereocenters. The molecule has 0 spiro atoms. The molecule has 0 aliphatic carbocycles. The van der Waals surface area contributed by atoms with Crippen LogP contribution in [0, 0.1) is 11.3 Å². The largest absolute Gasteiger partial charge is 0.197 e. The third-order valence-corrected chi connectivity index (χ3v) is 1.37. The third kappa shape index (κ3) is 5.93. The summed E-state index contributed by atoms with van der Waals surface area (Å²) in [7, 11) is 0. The minimum Gasteiger partial charge on any atom is -0.197 e. The van der Waals surface area contributed by atoms with Crippen LogP contribution in [0.5, 0.6) is 0 Å². The SMILES string of the molecule is CC(=S)SCC#N. The highest BCUT2D eigenvalue weighted by Gasteiger charge is 1.83. The van der Waals surface area contributed by atoms with E-state index in [9.17, 15) is 0 Å². The fourth-order valence-corrected chi connectivity index (χ4v) is 0.578. The molecule has 0 saturated carbocycles. The van der Waals surface area contributed by atoms with Gasteiger partial charge in [0.25, 0.3) is 0 Å². The summed E-state index contributed by atoms with van der Waals surface area (Å²) in [4.78, 5) is 0. The lowest BCUT2D eigenvalue weighted by molar-refractivity contribution is 1.50. The van der Waals surface area contributed by atoms with E-state index in [0.29, 0.717) is 5.75 Å². The maximum absolute atomic E-state index is 7.98. The molecular formula is C4H5NS2. The van der Waals surface area contributed by atoms with Crippen LogP contribution >= 0.6 is 24.0 Å². The van der Waals surface area contributed by atoms with Crippen LogP contribution < -0.4 is 0 Å². The highest BCUT2D eigenvalue weighted by Crippen LogP contribution is 1.99. The maximum atomic E-state index is 7.98. The summed E-state index contributed by atoms with van der Waals surface area (Å²) in [6.45, 7) is 1.82. The Morgan fingerprint density at radius 1 is 2.00 bits per heavy atom. The molecule has 1 nitrogen and oxygen atoms in total. The summed E-state index contributed by atoms with van der Waals surface area (Å²) >= 11 is 6.07. The van der Waals surface area contributed by atoms with E-state index in [1.807, 2.05) is 13.0 Å². The monoisotopic (exact) mass is 131 g/mol. The fraction of sp³-hybridized carbons (Fsp3) is 0.500. The Bertz CT molecular complexity index is 103. The smallest absolute Gasteiger partial charge is 0.0860 e. The maximum Gasteiger partial charge on any atom is 0.0860 e. The highest BCUT2D eigenvalue weighted by molar-refractivity contribution is 8.23. The van der Waals surface area contributed by atoms with E-state index < -0.39 is 0 Å². The van der Waals surface area contributed by atoms with E-state index in [4.69, 9.17) is 5.26 Å². The molecule has 0 saturated heterocycles. The van der Waals surface area contributed by atoms with Gasteiger partial charge in [0.1, 0.15) is 0 Å². The average Bonchev–Trinajstić information content (AvgIpc) is 1.61. The zero-order chi connectivity index (χ0) is 5.70. The first-order chi connectivity index (χ1) is 3.27. The van der Waals surface area contributed by atoms with Gasteiger partial charge in [0, 0.05) is 4.20 Å². The predicted molar refractivity (Wildman–Crippen MR) is 36.3 cm³/mol. The first kappa shape index (κ1) is 6.93. The summed E-state index contributed by atoms with van der Waals surface area (Å²) in [5.74, 6) is 0.481. The van der Waals surface area contributed by atoms with Crippen LogP contribution in [0.1, 0.15) is 6.92 Å². The van der Waals surface area contributed by atoms with E-state index in [2.05, 4.69) is 12.2 Å². The first-order valence-electron chi connectivity index (χ1n) is 1.77. The van der Waals surface area contributed by atoms with Crippen LogP contribution in [0.2, 0.25) is 0 Å². The van der Waals surface area contributed by atoms with Gasteiger partial charge in [-0.25, -0.2) is 0 Å². The molecule has 3 heteroatoms. The Morgan fingerprint density at radius 3 is 2.71 bits per heavy atom. The molecule has 0 aliphatic rings. The molecule has 0 unspecified atom stereocenters. The lowest BCUT2D eigenvalue weighted by Crippen LogP contribution is -1.76. The Kier molecular flexibility index (Phi) is 4.06. The summed E-state index contributed by atoms with van der Waals surface area (Å²) < 4.78 is 0.835. The highest BCUT2D eigenvalue weighted by atomic mass is 32.2. The molecule has 0 rings (SSSR count). The van der Waals surface area contributed by atoms with Crippen LogP contribution in [0.15, 0.2) is 0 Å². The number of thioether (sulfide) groups is 1. The molecule has 7 heavy (non-hydrogen) atoms. The van der Waals surface area contributed by atoms with Crippen molar-refractivity contribution >= 4 is 28.2 Å². The standard InChI is InChI=1S/C4H5NS2/c1-4(6)7-3-2-5/h3H2,1H3. The van der Waals surface area contributed by atoms with Crippen LogP contribution in [-0.2, 0) is 0 Å². The predicted octanol–water partition coefficient (Wildman–Crippen LogP) is 1.59. The van der Waals surface area contributed by atoms with Crippen molar-refractivity contribution in [3.05, 3.63) is 0 Å². The van der Waals surface area contributed by atoms with Crippen molar-refractivity contribution in [3.8, 4) is 6.07 Å². The quantitative estimate of drug-likeness (QED) is 0.505. The number of hydrogen-bond donors (Lipinski definition) is 0. The number of nitriles is 1. The van der Waals surface area contributed by atoms with Gasteiger partial charge in [0.15, 0.2) is 0 Å². The molecule has 0 aromatic heterocycles. The zero-order valence-electron chi connectivity index (χ0n) is 3.97. The molecule has 0 amide bonds. The van der Waals surface area contributed by atoms with Crippen molar-refractivity contribution < 1.29 is 0 Å². The minimum absolute atomic E-state index is 0.481. The molecule has 0 heterocycles. The van der Waals surface area contributed by atoms with Crippen molar-refractivity contribution in [2.45, 2.75) is 6.92 Å². The third-order valence-electron chi connectivity index (χ3n) is 0.340. The molecule has 0 fully saturated rings. The van der Waals surface area contributed by atoms with E-state index in [1.54, 1.807) is 0 Å². The van der Waals surface area contributed by atoms with Crippen molar-refractivity contribution in [1.82, 2.24) is 0 Å². The van der Waals surface area contributed by atoms with E-state index in [0.717, 1.165) is 4.20 Å². The Labute approximate surface area is 52.7 Å². The van der Waals surface area contributed by atoms with Crippen molar-refractivity contribution in [1.29, 1.82) is 5.26 Å². The summed E-state index contributed by atoms with van der Waals surface area (Å²) in [6, 6.07) is 1.97. The van der Waals surface area contributed by atoms with Gasteiger partial charge in [0.05, 0.1) is 11.8 Å². The van der Waals surface area contributed by atoms with Gasteiger partial charge in [-0.05, 0) is 6.92 Å². The van der Waals surface area contributed by atoms with Crippen LogP contribution in [0.25, 0.3) is 0 Å². The van der Waals surface area contributed by atoms with Crippen molar-refractivity contribution in [2.75, 3.05) is 5.75 Å². The molecule has 0 bridgehead atoms. The topological polar surface area (TPSA) is 23.8 Å². The van der Waals surface area contributed by atoms with Gasteiger partial charge in [-0.15, -0.1) is 11.8 Å². The van der Waals surface area contributed by atoms with E-state index >= 15 is 0 Å². The summed E-state index contributed by atoms with van der Waals surface area (Å²) in [5.41, 5.74) is 0. The van der Waals surface area contributed by atoms with Gasteiger partial charge >= 0.3 is 0 Å². The molecular weight excluding hydrogens is 126 g/mol. The molecule has 0 radical (unpaired) electrons. The van der Waals surface area contributed by atoms with Crippen LogP contribution in [0.4, 0.5) is 0 Å². The second-order valence-corrected chi connectivity index (χ2v) is 3.00. The zero-order valence-corrected chi connectivity index (χ0v) is 5.60. The molecule has 0 aliphatic heterocycles. The number of nitrogens with zero attached hydrogens (tertiary/aromatic N) is 1. The molecule has 0 aromatic carbocycles. The Morgan fingerprint density at radius 2 is 2.57 bits per heavy atom. The first-order valence-corrected chi connectivity index (χ1v) is 3.17. The lowest BCUT2D eigenvalue weighted by Gasteiger charge is -1.83. The van der Waals surface area contributed by atoms with Crippen LogP contribution in [-0.4, -0.2) is 9.95 Å². The van der Waals surface area contributed by atoms with Gasteiger partial charge in [-0.1, -0.05) is 12.2 Å². The molecule has 38 valence electrons. The van der Waals surface area contributed by atoms with Gasteiger partial charge in [-0.3, -0.25) is 0 Å². The average molecular weight is 131 g/mol. The summed E-state index contributed by atoms with van der Waals surface area (Å²) in [6.07, 6.45) is 0. The van der Waals surface area contributed by atoms with Crippen LogP contribution in [0.3, 0.4) is 0 Å². The number of thiocarbonyl (C=S) groups is 1. The van der Waals surface area contributed by atoms with Gasteiger partial charge in [0.2, 0.25) is 0 Å². The molecule has 0 aromatic rings. The normalized spacial score (nSPS) is 7.43. The minimum atomic E-state index is 0.481. The Balaban J connectivity index is 3.02. The second kappa shape index (κ2) is 4.10. The number of rotatable bonds is 1. The second-order valence-electron chi connectivity index (χ2n) is 0.938. The Hall–Kier alpha value is -0.0700. The summed E-state index contributed by atoms with van der Waals surface area (Å²) in [5, 5.41) is 7.98.